The highest BCUT2D eigenvalue weighted by atomic mass is 32.2. The number of fused-ring (bicyclic) bond motifs is 1. The number of ether oxygens (including phenoxy) is 2. The molecule has 0 saturated heterocycles. The molecule has 3 aromatic heterocycles. The Morgan fingerprint density at radius 1 is 0.815 bits per heavy atom. The first kappa shape index (κ1) is 35.7. The molecule has 272 valence electrons. The number of aromatic nitrogens is 3. The summed E-state index contributed by atoms with van der Waals surface area (Å²) >= 11 is 0. The van der Waals surface area contributed by atoms with Crippen molar-refractivity contribution in [2.24, 2.45) is 0 Å². The molecule has 0 radical (unpaired) electrons. The zero-order valence-corrected chi connectivity index (χ0v) is 29.6. The summed E-state index contributed by atoms with van der Waals surface area (Å²) in [4.78, 5) is 27.1. The van der Waals surface area contributed by atoms with Crippen molar-refractivity contribution in [1.29, 1.82) is 0 Å². The zero-order chi connectivity index (χ0) is 38.0. The molecule has 0 unspecified atom stereocenters. The van der Waals surface area contributed by atoms with E-state index in [0.29, 0.717) is 27.9 Å². The van der Waals surface area contributed by atoms with E-state index in [-0.39, 0.29) is 40.0 Å². The van der Waals surface area contributed by atoms with E-state index in [1.54, 1.807) is 41.9 Å². The molecule has 0 aliphatic carbocycles. The van der Waals surface area contributed by atoms with Gasteiger partial charge >= 0.3 is 0 Å². The maximum absolute atomic E-state index is 15.7. The summed E-state index contributed by atoms with van der Waals surface area (Å²) in [5.41, 5.74) is 2.47. The summed E-state index contributed by atoms with van der Waals surface area (Å²) in [5, 5.41) is 6.94. The molecule has 54 heavy (non-hydrogen) atoms. The molecule has 11 nitrogen and oxygen atoms in total. The number of hydrogen-bond donors (Lipinski definition) is 2. The van der Waals surface area contributed by atoms with Crippen molar-refractivity contribution >= 4 is 27.1 Å². The summed E-state index contributed by atoms with van der Waals surface area (Å²) in [6, 6.07) is 27.9. The van der Waals surface area contributed by atoms with E-state index in [9.17, 15) is 22.4 Å². The van der Waals surface area contributed by atoms with Gasteiger partial charge < -0.3 is 14.8 Å². The lowest BCUT2D eigenvalue weighted by Gasteiger charge is -2.14. The molecule has 1 amide bonds. The van der Waals surface area contributed by atoms with E-state index in [1.807, 2.05) is 30.3 Å². The number of hydrogen-bond acceptors (Lipinski definition) is 7. The van der Waals surface area contributed by atoms with Crippen molar-refractivity contribution in [3.63, 3.8) is 0 Å². The van der Waals surface area contributed by atoms with Crippen molar-refractivity contribution < 1.29 is 31.5 Å². The molecule has 3 heterocycles. The van der Waals surface area contributed by atoms with Crippen LogP contribution >= 0.6 is 0 Å². The van der Waals surface area contributed by atoms with Gasteiger partial charge in [0.05, 0.1) is 17.7 Å². The number of halogens is 2. The van der Waals surface area contributed by atoms with Crippen LogP contribution in [0.3, 0.4) is 0 Å². The van der Waals surface area contributed by atoms with Gasteiger partial charge in [-0.1, -0.05) is 36.4 Å². The van der Waals surface area contributed by atoms with Gasteiger partial charge in [0.15, 0.2) is 17.3 Å². The number of rotatable bonds is 11. The molecule has 0 fully saturated rings. The number of benzene rings is 4. The maximum Gasteiger partial charge on any atom is 0.271 e. The van der Waals surface area contributed by atoms with Crippen LogP contribution in [0.1, 0.15) is 17.3 Å². The Morgan fingerprint density at radius 3 is 2.31 bits per heavy atom. The first-order chi connectivity index (χ1) is 26.1. The predicted molar refractivity (Wildman–Crippen MR) is 200 cm³/mol. The molecule has 0 aliphatic rings. The number of carbonyl (C=O) groups excluding carboxylic acids is 1. The van der Waals surface area contributed by atoms with Crippen molar-refractivity contribution in [2.45, 2.75) is 11.8 Å². The number of carbonyl (C=O) groups is 1. The van der Waals surface area contributed by atoms with Crippen molar-refractivity contribution in [3.8, 4) is 45.2 Å². The minimum atomic E-state index is -3.74. The Kier molecular flexibility index (Phi) is 9.78. The monoisotopic (exact) mass is 747 g/mol. The lowest BCUT2D eigenvalue weighted by molar-refractivity contribution is 0.102. The van der Waals surface area contributed by atoms with Crippen LogP contribution in [0, 0.1) is 11.6 Å². The summed E-state index contributed by atoms with van der Waals surface area (Å²) in [7, 11) is -2.38. The van der Waals surface area contributed by atoms with Gasteiger partial charge in [-0.05, 0) is 85.8 Å². The fourth-order valence-corrected chi connectivity index (χ4v) is 6.97. The lowest BCUT2D eigenvalue weighted by Crippen LogP contribution is -2.29. The van der Waals surface area contributed by atoms with E-state index in [2.05, 4.69) is 15.1 Å². The molecular weight excluding hydrogens is 717 g/mol. The molecular formula is C40H31F2N5O6S. The lowest BCUT2D eigenvalue weighted by atomic mass is 9.99. The van der Waals surface area contributed by atoms with E-state index in [1.165, 1.54) is 72.5 Å². The molecule has 0 aliphatic heterocycles. The maximum atomic E-state index is 15.7. The Morgan fingerprint density at radius 2 is 1.57 bits per heavy atom. The average Bonchev–Trinajstić information content (AvgIpc) is 3.62. The van der Waals surface area contributed by atoms with Gasteiger partial charge in [0.25, 0.3) is 11.5 Å². The number of anilines is 1. The highest BCUT2D eigenvalue weighted by Crippen LogP contribution is 2.37. The number of pyridine rings is 1. The summed E-state index contributed by atoms with van der Waals surface area (Å²) < 4.78 is 71.5. The van der Waals surface area contributed by atoms with Gasteiger partial charge in [-0.3, -0.25) is 14.2 Å². The third-order valence-corrected chi connectivity index (χ3v) is 10.0. The average molecular weight is 748 g/mol. The van der Waals surface area contributed by atoms with Crippen LogP contribution in [-0.2, 0) is 10.0 Å². The fourth-order valence-electron chi connectivity index (χ4n) is 6.02. The Hall–Kier alpha value is -6.64. The topological polar surface area (TPSA) is 133 Å². The first-order valence-corrected chi connectivity index (χ1v) is 18.1. The van der Waals surface area contributed by atoms with Crippen molar-refractivity contribution in [3.05, 3.63) is 155 Å². The molecule has 2 N–H and O–H groups in total. The SMILES string of the molecule is CCOc1ccn(-c2ccc(F)cc2)c(=O)c1C(=O)Nc1ccc(Oc2ccnn3ccc(-c4cccc(-c5ccccc5S(=O)(=O)NC)c4)c23)c(F)c1. The van der Waals surface area contributed by atoms with Gasteiger partial charge in [0.2, 0.25) is 10.0 Å². The van der Waals surface area contributed by atoms with Crippen LogP contribution in [0.4, 0.5) is 14.5 Å². The third-order valence-electron chi connectivity index (χ3n) is 8.54. The quantitative estimate of drug-likeness (QED) is 0.141. The Balaban J connectivity index is 1.18. The van der Waals surface area contributed by atoms with Crippen LogP contribution in [0.15, 0.2) is 137 Å². The second kappa shape index (κ2) is 14.8. The van der Waals surface area contributed by atoms with Gasteiger partial charge in [-0.15, -0.1) is 0 Å². The number of nitrogens with zero attached hydrogens (tertiary/aromatic N) is 3. The molecule has 0 bridgehead atoms. The van der Waals surface area contributed by atoms with Gasteiger partial charge in [-0.25, -0.2) is 26.4 Å². The highest BCUT2D eigenvalue weighted by molar-refractivity contribution is 7.89. The summed E-state index contributed by atoms with van der Waals surface area (Å²) in [6.45, 7) is 1.87. The fraction of sp³-hybridized carbons (Fsp3) is 0.0750. The third kappa shape index (κ3) is 6.95. The van der Waals surface area contributed by atoms with E-state index in [0.717, 1.165) is 11.6 Å². The van der Waals surface area contributed by atoms with Gasteiger partial charge in [0, 0.05) is 47.0 Å². The molecule has 0 saturated carbocycles. The highest BCUT2D eigenvalue weighted by Gasteiger charge is 2.22. The molecule has 0 atom stereocenters. The van der Waals surface area contributed by atoms with Gasteiger partial charge in [-0.2, -0.15) is 5.10 Å². The van der Waals surface area contributed by atoms with E-state index in [4.69, 9.17) is 9.47 Å². The largest absolute Gasteiger partial charge is 0.493 e. The number of amides is 1. The van der Waals surface area contributed by atoms with Crippen LogP contribution in [-0.4, -0.2) is 42.2 Å². The second-order valence-electron chi connectivity index (χ2n) is 11.8. The van der Waals surface area contributed by atoms with Crippen LogP contribution < -0.4 is 25.1 Å². The number of nitrogens with one attached hydrogen (secondary N) is 2. The van der Waals surface area contributed by atoms with Crippen LogP contribution in [0.25, 0.3) is 33.5 Å². The first-order valence-electron chi connectivity index (χ1n) is 16.6. The zero-order valence-electron chi connectivity index (χ0n) is 28.8. The Bertz CT molecular complexity index is 2710. The molecule has 0 spiro atoms. The van der Waals surface area contributed by atoms with E-state index >= 15 is 4.39 Å². The van der Waals surface area contributed by atoms with Crippen molar-refractivity contribution in [1.82, 2.24) is 18.9 Å². The predicted octanol–water partition coefficient (Wildman–Crippen LogP) is 7.45. The molecule has 7 rings (SSSR count). The standard InChI is InChI=1S/C40H31F2N5O6S/c1-3-52-34-19-21-46(29-14-11-27(41)12-15-29)40(49)37(34)39(48)45-28-13-16-33(32(42)24-28)53-35-17-20-44-47-22-18-31(38(35)47)26-8-6-7-25(23-26)30-9-4-5-10-36(30)54(50,51)43-2/h4-24,43H,3H2,1-2H3,(H,45,48). The van der Waals surface area contributed by atoms with Gasteiger partial charge in [0.1, 0.15) is 22.6 Å². The van der Waals surface area contributed by atoms with Crippen LogP contribution in [0.5, 0.6) is 17.2 Å². The second-order valence-corrected chi connectivity index (χ2v) is 13.7. The molecule has 4 aromatic carbocycles. The summed E-state index contributed by atoms with van der Waals surface area (Å²) in [5.74, 6) is -1.97. The normalized spacial score (nSPS) is 11.4. The van der Waals surface area contributed by atoms with Crippen LogP contribution in [0.2, 0.25) is 0 Å². The minimum absolute atomic E-state index is 0.0289. The summed E-state index contributed by atoms with van der Waals surface area (Å²) in [6.07, 6.45) is 4.65. The molecule has 14 heteroatoms. The smallest absolute Gasteiger partial charge is 0.271 e. The van der Waals surface area contributed by atoms with E-state index < -0.39 is 33.1 Å². The minimum Gasteiger partial charge on any atom is -0.493 e. The Labute approximate surface area is 308 Å². The number of sulfonamides is 1. The molecule has 7 aromatic rings. The van der Waals surface area contributed by atoms with Crippen molar-refractivity contribution in [2.75, 3.05) is 19.0 Å².